The van der Waals surface area contributed by atoms with Gasteiger partial charge in [-0.05, 0) is 72.4 Å². The summed E-state index contributed by atoms with van der Waals surface area (Å²) in [7, 11) is 1.58. The molecule has 13 heteroatoms. The molecule has 214 valence electrons. The molecule has 42 heavy (non-hydrogen) atoms. The van der Waals surface area contributed by atoms with Crippen molar-refractivity contribution in [2.24, 2.45) is 5.92 Å². The van der Waals surface area contributed by atoms with E-state index in [2.05, 4.69) is 30.8 Å². The van der Waals surface area contributed by atoms with E-state index < -0.39 is 5.82 Å². The number of carbonyl (C=O) groups excluding carboxylic acids is 2. The van der Waals surface area contributed by atoms with Crippen molar-refractivity contribution in [3.05, 3.63) is 71.2 Å². The third-order valence-electron chi connectivity index (χ3n) is 8.13. The van der Waals surface area contributed by atoms with Gasteiger partial charge in [0.1, 0.15) is 17.9 Å². The number of hydrogen-bond donors (Lipinski definition) is 2. The van der Waals surface area contributed by atoms with Crippen molar-refractivity contribution in [2.75, 3.05) is 12.4 Å². The number of carbonyl (C=O) groups is 2. The molecule has 2 amide bonds. The minimum absolute atomic E-state index is 0.0104. The van der Waals surface area contributed by atoms with E-state index in [9.17, 15) is 9.59 Å². The number of H-pyrrole nitrogens is 1. The van der Waals surface area contributed by atoms with Crippen molar-refractivity contribution < 1.29 is 18.7 Å². The van der Waals surface area contributed by atoms with E-state index in [4.69, 9.17) is 16.3 Å². The van der Waals surface area contributed by atoms with Crippen LogP contribution in [0.4, 0.5) is 10.1 Å². The van der Waals surface area contributed by atoms with E-state index in [1.807, 2.05) is 17.0 Å². The maximum absolute atomic E-state index is 15.4. The van der Waals surface area contributed by atoms with Crippen LogP contribution in [0, 0.1) is 11.7 Å². The number of aromatic amines is 1. The minimum Gasteiger partial charge on any atom is -0.497 e. The molecule has 2 fully saturated rings. The Labute approximate surface area is 244 Å². The number of aromatic nitrogens is 6. The monoisotopic (exact) mass is 588 g/mol. The van der Waals surface area contributed by atoms with E-state index in [-0.39, 0.29) is 40.4 Å². The summed E-state index contributed by atoms with van der Waals surface area (Å²) >= 11 is 6.14. The molecular weight excluding hydrogens is 563 g/mol. The second-order valence-corrected chi connectivity index (χ2v) is 11.1. The zero-order chi connectivity index (χ0) is 29.0. The molecule has 1 saturated heterocycles. The zero-order valence-corrected chi connectivity index (χ0v) is 23.3. The largest absolute Gasteiger partial charge is 0.497 e. The van der Waals surface area contributed by atoms with Crippen LogP contribution >= 0.6 is 11.6 Å². The fraction of sp³-hybridized carbons (Fsp3) is 0.310. The number of tetrazole rings is 1. The molecule has 3 aliphatic rings. The summed E-state index contributed by atoms with van der Waals surface area (Å²) in [5.74, 6) is 0.463. The molecular formula is C29H26ClFN8O3. The first-order valence-electron chi connectivity index (χ1n) is 13.7. The van der Waals surface area contributed by atoms with E-state index in [1.54, 1.807) is 25.4 Å². The number of anilines is 1. The fourth-order valence-corrected chi connectivity index (χ4v) is 6.07. The minimum atomic E-state index is -0.619. The summed E-state index contributed by atoms with van der Waals surface area (Å²) < 4.78 is 22.1. The second-order valence-electron chi connectivity index (χ2n) is 10.7. The topological polar surface area (TPSA) is 131 Å². The summed E-state index contributed by atoms with van der Waals surface area (Å²) in [5, 5.41) is 14.2. The number of imidazole rings is 1. The van der Waals surface area contributed by atoms with E-state index in [1.165, 1.54) is 23.2 Å². The molecule has 11 nitrogen and oxygen atoms in total. The predicted molar refractivity (Wildman–Crippen MR) is 151 cm³/mol. The van der Waals surface area contributed by atoms with Crippen LogP contribution in [0.15, 0.2) is 48.9 Å². The van der Waals surface area contributed by atoms with Crippen LogP contribution in [0.3, 0.4) is 0 Å². The van der Waals surface area contributed by atoms with Crippen LogP contribution in [0.25, 0.3) is 22.5 Å². The van der Waals surface area contributed by atoms with Gasteiger partial charge < -0.3 is 19.9 Å². The highest BCUT2D eigenvalue weighted by Gasteiger charge is 2.42. The van der Waals surface area contributed by atoms with Gasteiger partial charge in [0.05, 0.1) is 41.4 Å². The number of nitrogens with zero attached hydrogens (tertiary/aromatic N) is 6. The van der Waals surface area contributed by atoms with Crippen molar-refractivity contribution >= 4 is 34.7 Å². The van der Waals surface area contributed by atoms with Gasteiger partial charge in [-0.1, -0.05) is 11.6 Å². The Hall–Kier alpha value is -4.58. The highest BCUT2D eigenvalue weighted by atomic mass is 35.5. The third kappa shape index (κ3) is 4.61. The van der Waals surface area contributed by atoms with E-state index in [0.29, 0.717) is 41.4 Å². The third-order valence-corrected chi connectivity index (χ3v) is 8.43. The SMILES string of the molecule is COc1ccc(-c2cnc([C@@H]3CC[C@@H]4CC(c5c(-n6cnnn6)ccc(Cl)c5F)=CC(=O)N43)[nH]2)c(NC(=O)C2CC2)c1. The normalized spacial score (nSPS) is 19.9. The molecule has 2 aromatic carbocycles. The average Bonchev–Trinajstić information content (AvgIpc) is 3.34. The molecule has 2 N–H and O–H groups in total. The Morgan fingerprint density at radius 3 is 2.81 bits per heavy atom. The Kier molecular flexibility index (Phi) is 6.49. The first-order chi connectivity index (χ1) is 20.4. The molecule has 0 spiro atoms. The van der Waals surface area contributed by atoms with Crippen molar-refractivity contribution in [1.82, 2.24) is 35.1 Å². The van der Waals surface area contributed by atoms with Crippen LogP contribution in [0.5, 0.6) is 5.75 Å². The summed E-state index contributed by atoms with van der Waals surface area (Å²) in [5.41, 5.74) is 3.29. The number of halogens is 2. The molecule has 2 aliphatic heterocycles. The number of methoxy groups -OCH3 is 1. The molecule has 2 aromatic heterocycles. The van der Waals surface area contributed by atoms with Gasteiger partial charge in [0.25, 0.3) is 0 Å². The van der Waals surface area contributed by atoms with Crippen LogP contribution in [-0.4, -0.2) is 60.0 Å². The number of nitrogens with one attached hydrogen (secondary N) is 2. The molecule has 0 radical (unpaired) electrons. The van der Waals surface area contributed by atoms with Gasteiger partial charge in [0.2, 0.25) is 11.8 Å². The van der Waals surface area contributed by atoms with E-state index in [0.717, 1.165) is 30.5 Å². The van der Waals surface area contributed by atoms with Crippen molar-refractivity contribution in [2.45, 2.75) is 44.2 Å². The first-order valence-corrected chi connectivity index (χ1v) is 14.1. The van der Waals surface area contributed by atoms with Gasteiger partial charge in [-0.25, -0.2) is 9.37 Å². The van der Waals surface area contributed by atoms with Crippen LogP contribution in [0.1, 0.15) is 49.5 Å². The number of benzene rings is 2. The van der Waals surface area contributed by atoms with Crippen LogP contribution < -0.4 is 10.1 Å². The molecule has 7 rings (SSSR count). The lowest BCUT2D eigenvalue weighted by Gasteiger charge is -2.33. The van der Waals surface area contributed by atoms with Gasteiger partial charge in [0.15, 0.2) is 5.82 Å². The molecule has 4 heterocycles. The summed E-state index contributed by atoms with van der Waals surface area (Å²) in [6, 6.07) is 8.15. The van der Waals surface area contributed by atoms with Gasteiger partial charge in [0, 0.05) is 35.2 Å². The summed E-state index contributed by atoms with van der Waals surface area (Å²) in [6.07, 6.45) is 8.19. The maximum Gasteiger partial charge on any atom is 0.247 e. The van der Waals surface area contributed by atoms with Gasteiger partial charge in [-0.3, -0.25) is 9.59 Å². The second kappa shape index (κ2) is 10.4. The highest BCUT2D eigenvalue weighted by Crippen LogP contribution is 2.44. The van der Waals surface area contributed by atoms with Crippen LogP contribution in [0.2, 0.25) is 5.02 Å². The lowest BCUT2D eigenvalue weighted by Crippen LogP contribution is -2.39. The predicted octanol–water partition coefficient (Wildman–Crippen LogP) is 4.72. The van der Waals surface area contributed by atoms with Crippen molar-refractivity contribution in [1.29, 1.82) is 0 Å². The Morgan fingerprint density at radius 2 is 2.05 bits per heavy atom. The van der Waals surface area contributed by atoms with Crippen molar-refractivity contribution in [3.63, 3.8) is 0 Å². The number of amides is 2. The number of hydrogen-bond acceptors (Lipinski definition) is 7. The zero-order valence-electron chi connectivity index (χ0n) is 22.6. The Bertz CT molecular complexity index is 1730. The van der Waals surface area contributed by atoms with E-state index >= 15 is 4.39 Å². The Morgan fingerprint density at radius 1 is 1.19 bits per heavy atom. The summed E-state index contributed by atoms with van der Waals surface area (Å²) in [4.78, 5) is 36.0. The standard InChI is InChI=1S/C29H26ClFN8O3/c1-42-18-5-6-19(21(12-18)35-29(41)15-2-3-15)22-13-32-28(34-22)24-8-4-17-10-16(11-25(40)39(17)24)26-23(38-14-33-36-37-38)9-7-20(30)27(26)31/h5-7,9,11-15,17,24H,2-4,8,10H2,1H3,(H,32,34)(H,35,41)/t17-,24+/m1/s1. The number of ether oxygens (including phenoxy) is 1. The highest BCUT2D eigenvalue weighted by molar-refractivity contribution is 6.31. The van der Waals surface area contributed by atoms with Gasteiger partial charge in [-0.15, -0.1) is 5.10 Å². The van der Waals surface area contributed by atoms with Gasteiger partial charge >= 0.3 is 0 Å². The Balaban J connectivity index is 1.18. The lowest BCUT2D eigenvalue weighted by atomic mass is 9.92. The van der Waals surface area contributed by atoms with Gasteiger partial charge in [-0.2, -0.15) is 4.68 Å². The number of fused-ring (bicyclic) bond motifs is 1. The maximum atomic E-state index is 15.4. The lowest BCUT2D eigenvalue weighted by molar-refractivity contribution is -0.129. The summed E-state index contributed by atoms with van der Waals surface area (Å²) in [6.45, 7) is 0. The molecule has 2 atom stereocenters. The molecule has 1 saturated carbocycles. The quantitative estimate of drug-likeness (QED) is 0.319. The molecule has 1 aliphatic carbocycles. The molecule has 0 bridgehead atoms. The van der Waals surface area contributed by atoms with Crippen molar-refractivity contribution in [3.8, 4) is 22.7 Å². The first kappa shape index (κ1) is 26.3. The average molecular weight is 589 g/mol. The number of rotatable bonds is 7. The molecule has 4 aromatic rings. The molecule has 0 unspecified atom stereocenters. The van der Waals surface area contributed by atoms with Crippen LogP contribution in [-0.2, 0) is 9.59 Å². The smallest absolute Gasteiger partial charge is 0.247 e. The fourth-order valence-electron chi connectivity index (χ4n) is 5.92.